The molecule has 1 N–H and O–H groups in total. The van der Waals surface area contributed by atoms with Crippen molar-refractivity contribution in [2.24, 2.45) is 0 Å². The van der Waals surface area contributed by atoms with Gasteiger partial charge in [-0.25, -0.2) is 0 Å². The fourth-order valence-corrected chi connectivity index (χ4v) is 2.70. The third-order valence-corrected chi connectivity index (χ3v) is 3.93. The second-order valence-corrected chi connectivity index (χ2v) is 5.96. The number of nitrogens with one attached hydrogen (secondary N) is 1. The first-order valence-electron chi connectivity index (χ1n) is 7.31. The smallest absolute Gasteiger partial charge is 0.224 e. The fourth-order valence-electron chi connectivity index (χ4n) is 2.29. The van der Waals surface area contributed by atoms with Gasteiger partial charge in [0.15, 0.2) is 0 Å². The summed E-state index contributed by atoms with van der Waals surface area (Å²) in [5.41, 5.74) is 3.36. The van der Waals surface area contributed by atoms with Crippen molar-refractivity contribution in [2.75, 3.05) is 5.32 Å². The number of carbonyl (C=O) groups is 1. The highest BCUT2D eigenvalue weighted by Crippen LogP contribution is 2.21. The van der Waals surface area contributed by atoms with Crippen LogP contribution in [0, 0.1) is 0 Å². The van der Waals surface area contributed by atoms with E-state index in [0.29, 0.717) is 6.42 Å². The number of aryl methyl sites for hydroxylation is 2. The van der Waals surface area contributed by atoms with Crippen LogP contribution < -0.4 is 5.32 Å². The van der Waals surface area contributed by atoms with Gasteiger partial charge in [-0.15, -0.1) is 0 Å². The molecule has 3 heteroatoms. The van der Waals surface area contributed by atoms with Crippen LogP contribution in [-0.4, -0.2) is 5.91 Å². The lowest BCUT2D eigenvalue weighted by molar-refractivity contribution is -0.116. The van der Waals surface area contributed by atoms with E-state index in [-0.39, 0.29) is 5.91 Å². The maximum Gasteiger partial charge on any atom is 0.224 e. The normalized spacial score (nSPS) is 10.4. The van der Waals surface area contributed by atoms with Gasteiger partial charge in [0.1, 0.15) is 0 Å². The van der Waals surface area contributed by atoms with Gasteiger partial charge in [-0.05, 0) is 48.6 Å². The topological polar surface area (TPSA) is 29.1 Å². The molecule has 0 aliphatic carbocycles. The first-order valence-corrected chi connectivity index (χ1v) is 8.10. The largest absolute Gasteiger partial charge is 0.326 e. The predicted molar refractivity (Wildman–Crippen MR) is 91.5 cm³/mol. The summed E-state index contributed by atoms with van der Waals surface area (Å²) in [6.07, 6.45) is 3.26. The Hall–Kier alpha value is -1.61. The molecule has 0 spiro atoms. The van der Waals surface area contributed by atoms with E-state index in [4.69, 9.17) is 0 Å². The van der Waals surface area contributed by atoms with Gasteiger partial charge in [-0.1, -0.05) is 53.2 Å². The Morgan fingerprint density at radius 2 is 1.90 bits per heavy atom. The van der Waals surface area contributed by atoms with E-state index in [2.05, 4.69) is 46.4 Å². The number of benzene rings is 2. The van der Waals surface area contributed by atoms with E-state index in [1.165, 1.54) is 5.56 Å². The van der Waals surface area contributed by atoms with Crippen LogP contribution >= 0.6 is 15.9 Å². The summed E-state index contributed by atoms with van der Waals surface area (Å²) in [6, 6.07) is 16.2. The summed E-state index contributed by atoms with van der Waals surface area (Å²) in [5.74, 6) is 0.0861. The van der Waals surface area contributed by atoms with Gasteiger partial charge >= 0.3 is 0 Å². The van der Waals surface area contributed by atoms with Gasteiger partial charge in [0.2, 0.25) is 5.91 Å². The summed E-state index contributed by atoms with van der Waals surface area (Å²) in [5, 5.41) is 3.02. The van der Waals surface area contributed by atoms with Crippen LogP contribution in [0.4, 0.5) is 5.69 Å². The monoisotopic (exact) mass is 345 g/mol. The first kappa shape index (κ1) is 15.8. The van der Waals surface area contributed by atoms with Gasteiger partial charge in [-0.3, -0.25) is 4.79 Å². The predicted octanol–water partition coefficient (Wildman–Crippen LogP) is 4.97. The van der Waals surface area contributed by atoms with Gasteiger partial charge in [0.25, 0.3) is 0 Å². The molecule has 1 amide bonds. The van der Waals surface area contributed by atoms with E-state index < -0.39 is 0 Å². The molecule has 2 aromatic rings. The Morgan fingerprint density at radius 3 is 2.62 bits per heavy atom. The van der Waals surface area contributed by atoms with E-state index in [0.717, 1.165) is 35.0 Å². The molecule has 0 atom stereocenters. The van der Waals surface area contributed by atoms with Crippen molar-refractivity contribution in [3.05, 3.63) is 64.1 Å². The molecule has 0 radical (unpaired) electrons. The molecular formula is C18H20BrNO. The van der Waals surface area contributed by atoms with E-state index in [1.54, 1.807) is 0 Å². The quantitative estimate of drug-likeness (QED) is 0.786. The Kier molecular flexibility index (Phi) is 6.00. The molecule has 21 heavy (non-hydrogen) atoms. The standard InChI is InChI=1S/C18H20BrNO/c1-2-15-13-16(19)11-12-17(15)20-18(21)10-6-9-14-7-4-3-5-8-14/h3-5,7-8,11-13H,2,6,9-10H2,1H3,(H,20,21). The molecule has 0 aliphatic heterocycles. The third kappa shape index (κ3) is 5.01. The highest BCUT2D eigenvalue weighted by atomic mass is 79.9. The molecule has 0 fully saturated rings. The summed E-state index contributed by atoms with van der Waals surface area (Å²) in [4.78, 5) is 12.0. The Bertz CT molecular complexity index is 595. The molecule has 0 saturated carbocycles. The minimum Gasteiger partial charge on any atom is -0.326 e. The van der Waals surface area contributed by atoms with Crippen molar-refractivity contribution in [1.82, 2.24) is 0 Å². The van der Waals surface area contributed by atoms with E-state index in [9.17, 15) is 4.79 Å². The Labute approximate surface area is 134 Å². The van der Waals surface area contributed by atoms with Gasteiger partial charge in [0.05, 0.1) is 0 Å². The summed E-state index contributed by atoms with van der Waals surface area (Å²) < 4.78 is 1.04. The maximum atomic E-state index is 12.0. The van der Waals surface area contributed by atoms with Crippen molar-refractivity contribution in [2.45, 2.75) is 32.6 Å². The third-order valence-electron chi connectivity index (χ3n) is 3.43. The van der Waals surface area contributed by atoms with Crippen LogP contribution in [0.5, 0.6) is 0 Å². The summed E-state index contributed by atoms with van der Waals surface area (Å²) in [6.45, 7) is 2.09. The van der Waals surface area contributed by atoms with Gasteiger partial charge < -0.3 is 5.32 Å². The van der Waals surface area contributed by atoms with Crippen molar-refractivity contribution < 1.29 is 4.79 Å². The van der Waals surface area contributed by atoms with Gasteiger partial charge in [0, 0.05) is 16.6 Å². The van der Waals surface area contributed by atoms with Crippen LogP contribution in [-0.2, 0) is 17.6 Å². The average Bonchev–Trinajstić information content (AvgIpc) is 2.50. The lowest BCUT2D eigenvalue weighted by atomic mass is 10.1. The van der Waals surface area contributed by atoms with E-state index in [1.807, 2.05) is 30.3 Å². The Morgan fingerprint density at radius 1 is 1.14 bits per heavy atom. The highest BCUT2D eigenvalue weighted by molar-refractivity contribution is 9.10. The minimum absolute atomic E-state index is 0.0861. The number of hydrogen-bond donors (Lipinski definition) is 1. The molecule has 0 aromatic heterocycles. The van der Waals surface area contributed by atoms with Crippen LogP contribution in [0.15, 0.2) is 53.0 Å². The lowest BCUT2D eigenvalue weighted by Crippen LogP contribution is -2.13. The highest BCUT2D eigenvalue weighted by Gasteiger charge is 2.06. The van der Waals surface area contributed by atoms with Crippen molar-refractivity contribution in [3.63, 3.8) is 0 Å². The molecule has 0 unspecified atom stereocenters. The molecule has 2 rings (SSSR count). The lowest BCUT2D eigenvalue weighted by Gasteiger charge is -2.10. The summed E-state index contributed by atoms with van der Waals surface area (Å²) in [7, 11) is 0. The second kappa shape index (κ2) is 7.99. The molecule has 0 saturated heterocycles. The zero-order valence-electron chi connectivity index (χ0n) is 12.2. The van der Waals surface area contributed by atoms with Crippen molar-refractivity contribution >= 4 is 27.5 Å². The Balaban J connectivity index is 1.85. The number of amides is 1. The molecule has 2 nitrogen and oxygen atoms in total. The molecular weight excluding hydrogens is 326 g/mol. The van der Waals surface area contributed by atoms with Crippen LogP contribution in [0.2, 0.25) is 0 Å². The maximum absolute atomic E-state index is 12.0. The van der Waals surface area contributed by atoms with Crippen LogP contribution in [0.3, 0.4) is 0 Å². The zero-order chi connectivity index (χ0) is 15.1. The molecule has 110 valence electrons. The zero-order valence-corrected chi connectivity index (χ0v) is 13.8. The first-order chi connectivity index (χ1) is 10.2. The SMILES string of the molecule is CCc1cc(Br)ccc1NC(=O)CCCc1ccccc1. The minimum atomic E-state index is 0.0861. The number of anilines is 1. The van der Waals surface area contributed by atoms with Gasteiger partial charge in [-0.2, -0.15) is 0 Å². The average molecular weight is 346 g/mol. The molecule has 0 heterocycles. The van der Waals surface area contributed by atoms with Crippen molar-refractivity contribution in [3.8, 4) is 0 Å². The number of rotatable bonds is 6. The number of hydrogen-bond acceptors (Lipinski definition) is 1. The number of carbonyl (C=O) groups excluding carboxylic acids is 1. The second-order valence-electron chi connectivity index (χ2n) is 5.04. The van der Waals surface area contributed by atoms with Crippen LogP contribution in [0.1, 0.15) is 30.9 Å². The number of halogens is 1. The molecule has 2 aromatic carbocycles. The van der Waals surface area contributed by atoms with Crippen molar-refractivity contribution in [1.29, 1.82) is 0 Å². The van der Waals surface area contributed by atoms with Crippen LogP contribution in [0.25, 0.3) is 0 Å². The summed E-state index contributed by atoms with van der Waals surface area (Å²) >= 11 is 3.46. The fraction of sp³-hybridized carbons (Fsp3) is 0.278. The molecule has 0 aliphatic rings. The molecule has 0 bridgehead atoms. The van der Waals surface area contributed by atoms with E-state index >= 15 is 0 Å².